The second kappa shape index (κ2) is 4.52. The predicted molar refractivity (Wildman–Crippen MR) is 49.6 cm³/mol. The van der Waals surface area contributed by atoms with Crippen molar-refractivity contribution in [3.63, 3.8) is 0 Å². The molecule has 1 aliphatic rings. The summed E-state index contributed by atoms with van der Waals surface area (Å²) in [4.78, 5) is 0. The second-order valence-corrected chi connectivity index (χ2v) is 5.53. The fourth-order valence-corrected chi connectivity index (χ4v) is 4.07. The Labute approximate surface area is 71.0 Å². The Morgan fingerprint density at radius 3 is 2.60 bits per heavy atom. The molecule has 1 rings (SSSR count). The Morgan fingerprint density at radius 1 is 1.50 bits per heavy atom. The fraction of sp³-hybridized carbons (Fsp3) is 1.00. The van der Waals surface area contributed by atoms with Crippen LogP contribution in [0.5, 0.6) is 0 Å². The van der Waals surface area contributed by atoms with Gasteiger partial charge in [-0.2, -0.15) is 0 Å². The zero-order valence-corrected chi connectivity index (χ0v) is 7.88. The normalized spacial score (nSPS) is 24.6. The highest BCUT2D eigenvalue weighted by Crippen LogP contribution is 2.33. The Bertz CT molecular complexity index is 89.6. The molecular formula is C7H14OS2. The SMILES string of the molecule is C[C@@H](O)CC1SCCCS1. The fourth-order valence-electron chi connectivity index (χ4n) is 0.951. The monoisotopic (exact) mass is 178 g/mol. The van der Waals surface area contributed by atoms with Crippen LogP contribution in [0.3, 0.4) is 0 Å². The minimum absolute atomic E-state index is 0.122. The number of rotatable bonds is 2. The summed E-state index contributed by atoms with van der Waals surface area (Å²) < 4.78 is 0.661. The lowest BCUT2D eigenvalue weighted by Crippen LogP contribution is -2.13. The van der Waals surface area contributed by atoms with Gasteiger partial charge in [0.15, 0.2) is 0 Å². The van der Waals surface area contributed by atoms with E-state index >= 15 is 0 Å². The largest absolute Gasteiger partial charge is 0.393 e. The van der Waals surface area contributed by atoms with Crippen LogP contribution in [0.2, 0.25) is 0 Å². The van der Waals surface area contributed by atoms with Crippen LogP contribution >= 0.6 is 23.5 Å². The molecular weight excluding hydrogens is 164 g/mol. The van der Waals surface area contributed by atoms with Crippen molar-refractivity contribution in [1.29, 1.82) is 0 Å². The van der Waals surface area contributed by atoms with E-state index in [0.717, 1.165) is 6.42 Å². The van der Waals surface area contributed by atoms with E-state index in [-0.39, 0.29) is 6.10 Å². The zero-order chi connectivity index (χ0) is 7.40. The van der Waals surface area contributed by atoms with Crippen molar-refractivity contribution in [2.75, 3.05) is 11.5 Å². The molecule has 0 saturated carbocycles. The van der Waals surface area contributed by atoms with Crippen LogP contribution in [0.15, 0.2) is 0 Å². The van der Waals surface area contributed by atoms with Crippen molar-refractivity contribution in [2.45, 2.75) is 30.5 Å². The molecule has 0 unspecified atom stereocenters. The molecule has 0 aliphatic carbocycles. The standard InChI is InChI=1S/C7H14OS2/c1-6(8)5-7-9-3-2-4-10-7/h6-8H,2-5H2,1H3/t6-/m1/s1. The second-order valence-electron chi connectivity index (χ2n) is 2.61. The number of thioether (sulfide) groups is 2. The molecule has 1 nitrogen and oxygen atoms in total. The lowest BCUT2D eigenvalue weighted by molar-refractivity contribution is 0.190. The van der Waals surface area contributed by atoms with Crippen LogP contribution in [-0.4, -0.2) is 27.3 Å². The molecule has 1 fully saturated rings. The van der Waals surface area contributed by atoms with Gasteiger partial charge in [-0.25, -0.2) is 0 Å². The van der Waals surface area contributed by atoms with Crippen molar-refractivity contribution < 1.29 is 5.11 Å². The molecule has 0 bridgehead atoms. The van der Waals surface area contributed by atoms with Crippen molar-refractivity contribution in [3.05, 3.63) is 0 Å². The Morgan fingerprint density at radius 2 is 2.10 bits per heavy atom. The highest BCUT2D eigenvalue weighted by molar-refractivity contribution is 8.17. The van der Waals surface area contributed by atoms with Gasteiger partial charge in [-0.3, -0.25) is 0 Å². The van der Waals surface area contributed by atoms with Crippen LogP contribution in [-0.2, 0) is 0 Å². The molecule has 1 N–H and O–H groups in total. The first-order valence-electron chi connectivity index (χ1n) is 3.70. The minimum atomic E-state index is -0.122. The van der Waals surface area contributed by atoms with Crippen molar-refractivity contribution >= 4 is 23.5 Å². The first-order valence-corrected chi connectivity index (χ1v) is 5.80. The van der Waals surface area contributed by atoms with Crippen LogP contribution < -0.4 is 0 Å². The summed E-state index contributed by atoms with van der Waals surface area (Å²) in [5, 5.41) is 9.08. The average molecular weight is 178 g/mol. The molecule has 0 amide bonds. The topological polar surface area (TPSA) is 20.2 Å². The van der Waals surface area contributed by atoms with Crippen LogP contribution in [0.1, 0.15) is 19.8 Å². The van der Waals surface area contributed by atoms with E-state index in [2.05, 4.69) is 0 Å². The van der Waals surface area contributed by atoms with E-state index in [1.54, 1.807) is 0 Å². The van der Waals surface area contributed by atoms with E-state index in [0.29, 0.717) is 4.58 Å². The molecule has 0 aromatic carbocycles. The smallest absolute Gasteiger partial charge is 0.0530 e. The van der Waals surface area contributed by atoms with E-state index in [4.69, 9.17) is 5.11 Å². The van der Waals surface area contributed by atoms with Gasteiger partial charge in [0.25, 0.3) is 0 Å². The van der Waals surface area contributed by atoms with Crippen LogP contribution in [0.4, 0.5) is 0 Å². The highest BCUT2D eigenvalue weighted by Gasteiger charge is 2.15. The molecule has 60 valence electrons. The van der Waals surface area contributed by atoms with E-state index in [1.165, 1.54) is 17.9 Å². The van der Waals surface area contributed by atoms with Gasteiger partial charge in [-0.15, -0.1) is 23.5 Å². The number of aliphatic hydroxyl groups excluding tert-OH is 1. The van der Waals surface area contributed by atoms with Crippen molar-refractivity contribution in [2.24, 2.45) is 0 Å². The van der Waals surface area contributed by atoms with Gasteiger partial charge in [0.1, 0.15) is 0 Å². The summed E-state index contributed by atoms with van der Waals surface area (Å²) in [6.45, 7) is 1.87. The average Bonchev–Trinajstić information content (AvgIpc) is 1.88. The Kier molecular flexibility index (Phi) is 3.96. The third-order valence-electron chi connectivity index (χ3n) is 1.43. The first-order chi connectivity index (χ1) is 4.79. The third kappa shape index (κ3) is 3.17. The minimum Gasteiger partial charge on any atom is -0.393 e. The summed E-state index contributed by atoms with van der Waals surface area (Å²) in [6.07, 6.45) is 2.17. The van der Waals surface area contributed by atoms with E-state index < -0.39 is 0 Å². The molecule has 1 aliphatic heterocycles. The molecule has 10 heavy (non-hydrogen) atoms. The summed E-state index contributed by atoms with van der Waals surface area (Å²) in [6, 6.07) is 0. The Hall–Kier alpha value is 0.660. The van der Waals surface area contributed by atoms with Gasteiger partial charge in [-0.1, -0.05) is 0 Å². The maximum Gasteiger partial charge on any atom is 0.0530 e. The zero-order valence-electron chi connectivity index (χ0n) is 6.25. The molecule has 0 aromatic rings. The molecule has 0 spiro atoms. The summed E-state index contributed by atoms with van der Waals surface area (Å²) >= 11 is 3.99. The van der Waals surface area contributed by atoms with Crippen LogP contribution in [0.25, 0.3) is 0 Å². The first kappa shape index (κ1) is 8.75. The maximum absolute atomic E-state index is 9.08. The lowest BCUT2D eigenvalue weighted by atomic mass is 10.3. The van der Waals surface area contributed by atoms with Gasteiger partial charge >= 0.3 is 0 Å². The molecule has 1 heterocycles. The maximum atomic E-state index is 9.08. The number of hydrogen-bond acceptors (Lipinski definition) is 3. The Balaban J connectivity index is 2.13. The van der Waals surface area contributed by atoms with Crippen LogP contribution in [0, 0.1) is 0 Å². The van der Waals surface area contributed by atoms with E-state index in [1.807, 2.05) is 30.4 Å². The molecule has 0 radical (unpaired) electrons. The predicted octanol–water partition coefficient (Wildman–Crippen LogP) is 1.95. The highest BCUT2D eigenvalue weighted by atomic mass is 32.2. The number of hydrogen-bond donors (Lipinski definition) is 1. The quantitative estimate of drug-likeness (QED) is 0.698. The molecule has 1 saturated heterocycles. The summed E-state index contributed by atoms with van der Waals surface area (Å²) in [5.74, 6) is 2.56. The molecule has 0 aromatic heterocycles. The van der Waals surface area contributed by atoms with Crippen molar-refractivity contribution in [3.8, 4) is 0 Å². The van der Waals surface area contributed by atoms with Gasteiger partial charge in [-0.05, 0) is 31.3 Å². The molecule has 3 heteroatoms. The van der Waals surface area contributed by atoms with Gasteiger partial charge in [0.05, 0.1) is 10.7 Å². The number of aliphatic hydroxyl groups is 1. The summed E-state index contributed by atoms with van der Waals surface area (Å²) in [5.41, 5.74) is 0. The third-order valence-corrected chi connectivity index (χ3v) is 4.42. The molecule has 1 atom stereocenters. The van der Waals surface area contributed by atoms with E-state index in [9.17, 15) is 0 Å². The van der Waals surface area contributed by atoms with Gasteiger partial charge in [0, 0.05) is 0 Å². The lowest BCUT2D eigenvalue weighted by Gasteiger charge is -2.21. The van der Waals surface area contributed by atoms with Crippen molar-refractivity contribution in [1.82, 2.24) is 0 Å². The van der Waals surface area contributed by atoms with Gasteiger partial charge < -0.3 is 5.11 Å². The summed E-state index contributed by atoms with van der Waals surface area (Å²) in [7, 11) is 0. The van der Waals surface area contributed by atoms with Gasteiger partial charge in [0.2, 0.25) is 0 Å².